The van der Waals surface area contributed by atoms with E-state index in [1.165, 1.54) is 6.07 Å². The molecule has 0 amide bonds. The minimum absolute atomic E-state index is 0.254. The third-order valence-corrected chi connectivity index (χ3v) is 3.41. The number of aryl methyl sites for hydroxylation is 1. The summed E-state index contributed by atoms with van der Waals surface area (Å²) in [6, 6.07) is 6.47. The SMILES string of the molecule is CCOc1cc(Cl)c(C(=O)c2ccc(CC)o2)cc1Cl. The summed E-state index contributed by atoms with van der Waals surface area (Å²) >= 11 is 12.2. The molecule has 0 atom stereocenters. The van der Waals surface area contributed by atoms with Crippen LogP contribution in [-0.2, 0) is 6.42 Å². The van der Waals surface area contributed by atoms with Gasteiger partial charge in [-0.1, -0.05) is 30.1 Å². The maximum Gasteiger partial charge on any atom is 0.229 e. The summed E-state index contributed by atoms with van der Waals surface area (Å²) in [4.78, 5) is 12.3. The molecule has 3 nitrogen and oxygen atoms in total. The van der Waals surface area contributed by atoms with Crippen molar-refractivity contribution in [3.63, 3.8) is 0 Å². The van der Waals surface area contributed by atoms with E-state index in [0.29, 0.717) is 22.9 Å². The largest absolute Gasteiger partial charge is 0.492 e. The third kappa shape index (κ3) is 3.00. The number of rotatable bonds is 5. The van der Waals surface area contributed by atoms with Gasteiger partial charge in [0.15, 0.2) is 5.76 Å². The van der Waals surface area contributed by atoms with Gasteiger partial charge < -0.3 is 9.15 Å². The highest BCUT2D eigenvalue weighted by atomic mass is 35.5. The summed E-state index contributed by atoms with van der Waals surface area (Å²) in [5.41, 5.74) is 0.303. The standard InChI is InChI=1S/C15H14Cl2O3/c1-3-9-5-6-13(20-9)15(18)10-7-12(17)14(19-4-2)8-11(10)16/h5-8H,3-4H2,1-2H3. The molecule has 0 aliphatic rings. The molecule has 0 aliphatic heterocycles. The van der Waals surface area contributed by atoms with E-state index in [4.69, 9.17) is 32.4 Å². The fraction of sp³-hybridized carbons (Fsp3) is 0.267. The number of carbonyl (C=O) groups is 1. The van der Waals surface area contributed by atoms with Crippen LogP contribution in [0, 0.1) is 0 Å². The molecule has 0 saturated heterocycles. The summed E-state index contributed by atoms with van der Waals surface area (Å²) in [5, 5.41) is 0.638. The number of benzene rings is 1. The predicted molar refractivity (Wildman–Crippen MR) is 79.1 cm³/mol. The first-order chi connectivity index (χ1) is 9.56. The first kappa shape index (κ1) is 14.9. The first-order valence-electron chi connectivity index (χ1n) is 6.32. The van der Waals surface area contributed by atoms with E-state index in [2.05, 4.69) is 0 Å². The predicted octanol–water partition coefficient (Wildman–Crippen LogP) is 4.78. The Hall–Kier alpha value is -1.45. The summed E-state index contributed by atoms with van der Waals surface area (Å²) in [5.74, 6) is 1.18. The van der Waals surface area contributed by atoms with Gasteiger partial charge in [-0.25, -0.2) is 0 Å². The van der Waals surface area contributed by atoms with Crippen molar-refractivity contribution in [2.75, 3.05) is 6.61 Å². The van der Waals surface area contributed by atoms with E-state index in [-0.39, 0.29) is 16.6 Å². The molecular weight excluding hydrogens is 299 g/mol. The van der Waals surface area contributed by atoms with Gasteiger partial charge in [-0.05, 0) is 25.1 Å². The molecule has 0 bridgehead atoms. The van der Waals surface area contributed by atoms with Gasteiger partial charge in [-0.2, -0.15) is 0 Å². The highest BCUT2D eigenvalue weighted by molar-refractivity contribution is 6.37. The van der Waals surface area contributed by atoms with Crippen LogP contribution in [0.25, 0.3) is 0 Å². The molecule has 0 fully saturated rings. The number of ether oxygens (including phenoxy) is 1. The van der Waals surface area contributed by atoms with Crippen molar-refractivity contribution in [2.24, 2.45) is 0 Å². The van der Waals surface area contributed by atoms with Crippen LogP contribution >= 0.6 is 23.2 Å². The van der Waals surface area contributed by atoms with Gasteiger partial charge in [0.25, 0.3) is 0 Å². The lowest BCUT2D eigenvalue weighted by Gasteiger charge is -2.08. The molecule has 1 heterocycles. The summed E-state index contributed by atoms with van der Waals surface area (Å²) in [6.07, 6.45) is 0.727. The maximum atomic E-state index is 12.3. The van der Waals surface area contributed by atoms with Gasteiger partial charge in [-0.15, -0.1) is 0 Å². The lowest BCUT2D eigenvalue weighted by molar-refractivity contribution is 0.101. The van der Waals surface area contributed by atoms with Crippen LogP contribution in [0.5, 0.6) is 5.75 Å². The van der Waals surface area contributed by atoms with Crippen LogP contribution < -0.4 is 4.74 Å². The number of halogens is 2. The Kier molecular flexibility index (Phi) is 4.73. The molecule has 1 aromatic carbocycles. The maximum absolute atomic E-state index is 12.3. The number of hydrogen-bond acceptors (Lipinski definition) is 3. The molecule has 0 spiro atoms. The zero-order chi connectivity index (χ0) is 14.7. The zero-order valence-corrected chi connectivity index (χ0v) is 12.7. The third-order valence-electron chi connectivity index (χ3n) is 2.80. The Morgan fingerprint density at radius 3 is 2.55 bits per heavy atom. The minimum Gasteiger partial charge on any atom is -0.492 e. The normalized spacial score (nSPS) is 10.6. The lowest BCUT2D eigenvalue weighted by Crippen LogP contribution is -2.02. The Labute approximate surface area is 127 Å². The van der Waals surface area contributed by atoms with Crippen molar-refractivity contribution in [2.45, 2.75) is 20.3 Å². The summed E-state index contributed by atoms with van der Waals surface area (Å²) < 4.78 is 10.8. The Bertz CT molecular complexity index is 632. The van der Waals surface area contributed by atoms with Crippen molar-refractivity contribution >= 4 is 29.0 Å². The molecule has 0 saturated carbocycles. The molecule has 0 N–H and O–H groups in total. The van der Waals surface area contributed by atoms with E-state index in [0.717, 1.165) is 12.2 Å². The van der Waals surface area contributed by atoms with E-state index in [1.807, 2.05) is 13.8 Å². The molecule has 0 radical (unpaired) electrons. The zero-order valence-electron chi connectivity index (χ0n) is 11.2. The molecular formula is C15H14Cl2O3. The summed E-state index contributed by atoms with van der Waals surface area (Å²) in [7, 11) is 0. The van der Waals surface area contributed by atoms with Crippen LogP contribution in [0.4, 0.5) is 0 Å². The van der Waals surface area contributed by atoms with Crippen LogP contribution in [0.1, 0.15) is 35.7 Å². The average Bonchev–Trinajstić information content (AvgIpc) is 2.91. The number of ketones is 1. The topological polar surface area (TPSA) is 39.4 Å². The number of carbonyl (C=O) groups excluding carboxylic acids is 1. The van der Waals surface area contributed by atoms with E-state index in [1.54, 1.807) is 18.2 Å². The van der Waals surface area contributed by atoms with Gasteiger partial charge in [0.2, 0.25) is 5.78 Å². The Balaban J connectivity index is 2.37. The van der Waals surface area contributed by atoms with Gasteiger partial charge in [0.05, 0.1) is 16.7 Å². The van der Waals surface area contributed by atoms with Gasteiger partial charge in [0.1, 0.15) is 11.5 Å². The first-order valence-corrected chi connectivity index (χ1v) is 7.07. The smallest absolute Gasteiger partial charge is 0.229 e. The van der Waals surface area contributed by atoms with Crippen molar-refractivity contribution in [1.82, 2.24) is 0 Å². The van der Waals surface area contributed by atoms with Gasteiger partial charge in [0, 0.05) is 18.1 Å². The van der Waals surface area contributed by atoms with Crippen LogP contribution in [-0.4, -0.2) is 12.4 Å². The fourth-order valence-electron chi connectivity index (χ4n) is 1.79. The van der Waals surface area contributed by atoms with E-state index in [9.17, 15) is 4.79 Å². The van der Waals surface area contributed by atoms with Gasteiger partial charge in [-0.3, -0.25) is 4.79 Å². The van der Waals surface area contributed by atoms with E-state index >= 15 is 0 Å². The average molecular weight is 313 g/mol. The van der Waals surface area contributed by atoms with Crippen molar-refractivity contribution in [3.05, 3.63) is 51.4 Å². The molecule has 0 unspecified atom stereocenters. The van der Waals surface area contributed by atoms with Crippen LogP contribution in [0.2, 0.25) is 10.0 Å². The second-order valence-corrected chi connectivity index (χ2v) is 4.96. The molecule has 20 heavy (non-hydrogen) atoms. The van der Waals surface area contributed by atoms with Gasteiger partial charge >= 0.3 is 0 Å². The monoisotopic (exact) mass is 312 g/mol. The minimum atomic E-state index is -0.292. The Morgan fingerprint density at radius 1 is 1.20 bits per heavy atom. The van der Waals surface area contributed by atoms with Crippen LogP contribution in [0.15, 0.2) is 28.7 Å². The highest BCUT2D eigenvalue weighted by Crippen LogP contribution is 2.32. The van der Waals surface area contributed by atoms with Crippen molar-refractivity contribution in [1.29, 1.82) is 0 Å². The quantitative estimate of drug-likeness (QED) is 0.746. The van der Waals surface area contributed by atoms with Crippen molar-refractivity contribution in [3.8, 4) is 5.75 Å². The molecule has 2 rings (SSSR count). The number of hydrogen-bond donors (Lipinski definition) is 0. The molecule has 0 aliphatic carbocycles. The second-order valence-electron chi connectivity index (χ2n) is 4.14. The fourth-order valence-corrected chi connectivity index (χ4v) is 2.25. The lowest BCUT2D eigenvalue weighted by atomic mass is 10.1. The summed E-state index contributed by atoms with van der Waals surface area (Å²) in [6.45, 7) is 4.27. The molecule has 5 heteroatoms. The molecule has 1 aromatic heterocycles. The Morgan fingerprint density at radius 2 is 1.95 bits per heavy atom. The van der Waals surface area contributed by atoms with Crippen molar-refractivity contribution < 1.29 is 13.9 Å². The van der Waals surface area contributed by atoms with E-state index < -0.39 is 0 Å². The highest BCUT2D eigenvalue weighted by Gasteiger charge is 2.19. The molecule has 106 valence electrons. The second kappa shape index (κ2) is 6.33. The molecule has 2 aromatic rings. The van der Waals surface area contributed by atoms with Crippen LogP contribution in [0.3, 0.4) is 0 Å². The number of furan rings is 1.